The summed E-state index contributed by atoms with van der Waals surface area (Å²) in [7, 11) is -3.53. The molecule has 1 saturated heterocycles. The topological polar surface area (TPSA) is 66.9 Å². The quantitative estimate of drug-likeness (QED) is 0.788. The van der Waals surface area contributed by atoms with Crippen LogP contribution in [0.4, 0.5) is 0 Å². The van der Waals surface area contributed by atoms with Crippen LogP contribution >= 0.6 is 0 Å². The molecule has 0 atom stereocenters. The normalized spacial score (nSPS) is 15.6. The van der Waals surface area contributed by atoms with E-state index in [2.05, 4.69) is 0 Å². The summed E-state index contributed by atoms with van der Waals surface area (Å²) in [6, 6.07) is 14.4. The van der Waals surface area contributed by atoms with Gasteiger partial charge < -0.3 is 9.64 Å². The van der Waals surface area contributed by atoms with Gasteiger partial charge in [-0.3, -0.25) is 4.79 Å². The average molecular weight is 388 g/mol. The third kappa shape index (κ3) is 4.48. The fraction of sp³-hybridized carbons (Fsp3) is 0.350. The lowest BCUT2D eigenvalue weighted by atomic mass is 10.2. The molecule has 2 aromatic rings. The van der Waals surface area contributed by atoms with Gasteiger partial charge in [0.2, 0.25) is 10.0 Å². The number of ether oxygens (including phenoxy) is 1. The second-order valence-corrected chi connectivity index (χ2v) is 8.59. The molecule has 0 N–H and O–H groups in total. The van der Waals surface area contributed by atoms with Crippen LogP contribution in [-0.2, 0) is 14.8 Å². The average Bonchev–Trinajstić information content (AvgIpc) is 2.67. The first-order valence-electron chi connectivity index (χ1n) is 8.91. The Morgan fingerprint density at radius 2 is 1.70 bits per heavy atom. The molecule has 1 fully saturated rings. The van der Waals surface area contributed by atoms with Crippen LogP contribution in [0, 0.1) is 13.8 Å². The highest BCUT2D eigenvalue weighted by Crippen LogP contribution is 2.19. The first-order chi connectivity index (χ1) is 12.9. The van der Waals surface area contributed by atoms with Crippen molar-refractivity contribution in [3.05, 3.63) is 59.7 Å². The van der Waals surface area contributed by atoms with Crippen molar-refractivity contribution in [2.24, 2.45) is 0 Å². The van der Waals surface area contributed by atoms with Crippen LogP contribution in [-0.4, -0.2) is 56.3 Å². The smallest absolute Gasteiger partial charge is 0.260 e. The molecule has 1 heterocycles. The van der Waals surface area contributed by atoms with Gasteiger partial charge in [-0.15, -0.1) is 0 Å². The van der Waals surface area contributed by atoms with Crippen molar-refractivity contribution in [3.63, 3.8) is 0 Å². The molecule has 0 saturated carbocycles. The second-order valence-electron chi connectivity index (χ2n) is 6.66. The minimum absolute atomic E-state index is 0.0461. The molecule has 0 radical (unpaired) electrons. The maximum Gasteiger partial charge on any atom is 0.260 e. The van der Waals surface area contributed by atoms with E-state index in [1.54, 1.807) is 23.1 Å². The maximum atomic E-state index is 12.8. The number of hydrogen-bond acceptors (Lipinski definition) is 4. The highest BCUT2D eigenvalue weighted by Gasteiger charge is 2.30. The zero-order chi connectivity index (χ0) is 19.4. The van der Waals surface area contributed by atoms with Crippen LogP contribution in [0.5, 0.6) is 5.75 Å². The zero-order valence-corrected chi connectivity index (χ0v) is 16.4. The maximum absolute atomic E-state index is 12.8. The first-order valence-corrected chi connectivity index (χ1v) is 10.3. The molecule has 6 nitrogen and oxygen atoms in total. The van der Waals surface area contributed by atoms with E-state index < -0.39 is 10.0 Å². The second kappa shape index (κ2) is 8.10. The number of benzene rings is 2. The van der Waals surface area contributed by atoms with E-state index in [4.69, 9.17) is 4.74 Å². The molecule has 27 heavy (non-hydrogen) atoms. The lowest BCUT2D eigenvalue weighted by molar-refractivity contribution is -0.134. The Labute approximate surface area is 160 Å². The van der Waals surface area contributed by atoms with E-state index in [0.29, 0.717) is 23.7 Å². The van der Waals surface area contributed by atoms with Gasteiger partial charge in [-0.1, -0.05) is 30.3 Å². The van der Waals surface area contributed by atoms with E-state index in [1.165, 1.54) is 4.31 Å². The summed E-state index contributed by atoms with van der Waals surface area (Å²) < 4.78 is 32.6. The van der Waals surface area contributed by atoms with E-state index in [1.807, 2.05) is 44.2 Å². The summed E-state index contributed by atoms with van der Waals surface area (Å²) in [6.07, 6.45) is 0. The van der Waals surface area contributed by atoms with Gasteiger partial charge in [-0.25, -0.2) is 8.42 Å². The Kier molecular flexibility index (Phi) is 5.82. The van der Waals surface area contributed by atoms with Gasteiger partial charge in [-0.05, 0) is 43.2 Å². The van der Waals surface area contributed by atoms with Gasteiger partial charge in [0.1, 0.15) is 5.75 Å². The number of hydrogen-bond donors (Lipinski definition) is 0. The Morgan fingerprint density at radius 3 is 2.37 bits per heavy atom. The highest BCUT2D eigenvalue weighted by molar-refractivity contribution is 7.89. The Morgan fingerprint density at radius 1 is 1.00 bits per heavy atom. The van der Waals surface area contributed by atoms with Crippen LogP contribution in [0.2, 0.25) is 0 Å². The summed E-state index contributed by atoms with van der Waals surface area (Å²) >= 11 is 0. The van der Waals surface area contributed by atoms with Crippen LogP contribution in [0.1, 0.15) is 11.1 Å². The molecule has 1 aliphatic rings. The molecule has 0 bridgehead atoms. The van der Waals surface area contributed by atoms with E-state index in [0.717, 1.165) is 11.1 Å². The summed E-state index contributed by atoms with van der Waals surface area (Å²) in [6.45, 7) is 5.04. The van der Waals surface area contributed by atoms with Crippen molar-refractivity contribution < 1.29 is 17.9 Å². The van der Waals surface area contributed by atoms with Crippen molar-refractivity contribution in [2.75, 3.05) is 32.8 Å². The number of sulfonamides is 1. The molecular formula is C20H24N2O4S. The van der Waals surface area contributed by atoms with Gasteiger partial charge >= 0.3 is 0 Å². The molecule has 0 unspecified atom stereocenters. The molecule has 1 amide bonds. The summed E-state index contributed by atoms with van der Waals surface area (Å²) in [5.41, 5.74) is 1.87. The molecule has 7 heteroatoms. The van der Waals surface area contributed by atoms with E-state index >= 15 is 0 Å². The van der Waals surface area contributed by atoms with E-state index in [-0.39, 0.29) is 25.6 Å². The van der Waals surface area contributed by atoms with Crippen LogP contribution in [0.25, 0.3) is 0 Å². The van der Waals surface area contributed by atoms with Crippen LogP contribution < -0.4 is 4.74 Å². The van der Waals surface area contributed by atoms with Crippen molar-refractivity contribution >= 4 is 15.9 Å². The third-order valence-corrected chi connectivity index (χ3v) is 6.56. The van der Waals surface area contributed by atoms with Crippen LogP contribution in [0.3, 0.4) is 0 Å². The highest BCUT2D eigenvalue weighted by atomic mass is 32.2. The minimum Gasteiger partial charge on any atom is -0.484 e. The lowest BCUT2D eigenvalue weighted by Gasteiger charge is -2.34. The van der Waals surface area contributed by atoms with Crippen molar-refractivity contribution in [1.82, 2.24) is 9.21 Å². The number of amides is 1. The largest absolute Gasteiger partial charge is 0.484 e. The van der Waals surface area contributed by atoms with Gasteiger partial charge in [0.15, 0.2) is 6.61 Å². The monoisotopic (exact) mass is 388 g/mol. The number of carbonyl (C=O) groups excluding carboxylic acids is 1. The van der Waals surface area contributed by atoms with Crippen molar-refractivity contribution in [3.8, 4) is 5.75 Å². The predicted octanol–water partition coefficient (Wildman–Crippen LogP) is 2.22. The van der Waals surface area contributed by atoms with Crippen LogP contribution in [0.15, 0.2) is 53.4 Å². The number of para-hydroxylation sites is 1. The van der Waals surface area contributed by atoms with Gasteiger partial charge in [0.05, 0.1) is 4.90 Å². The van der Waals surface area contributed by atoms with Gasteiger partial charge in [-0.2, -0.15) is 4.31 Å². The standard InChI is InChI=1S/C20H24N2O4S/c1-16-6-5-8-18(14-16)27(24,25)22-12-10-21(11-13-22)20(23)15-26-19-9-4-3-7-17(19)2/h3-9,14H,10-13,15H2,1-2H3. The van der Waals surface area contributed by atoms with Crippen molar-refractivity contribution in [2.45, 2.75) is 18.7 Å². The molecule has 3 rings (SSSR count). The number of nitrogens with zero attached hydrogens (tertiary/aromatic N) is 2. The molecule has 1 aliphatic heterocycles. The summed E-state index contributed by atoms with van der Waals surface area (Å²) in [4.78, 5) is 14.3. The molecule has 2 aromatic carbocycles. The van der Waals surface area contributed by atoms with E-state index in [9.17, 15) is 13.2 Å². The molecular weight excluding hydrogens is 364 g/mol. The Bertz CT molecular complexity index is 919. The summed E-state index contributed by atoms with van der Waals surface area (Å²) in [5.74, 6) is 0.553. The molecule has 0 aromatic heterocycles. The number of piperazine rings is 1. The predicted molar refractivity (Wildman–Crippen MR) is 103 cm³/mol. The summed E-state index contributed by atoms with van der Waals surface area (Å²) in [5, 5.41) is 0. The molecule has 0 aliphatic carbocycles. The fourth-order valence-electron chi connectivity index (χ4n) is 3.05. The first kappa shape index (κ1) is 19.4. The fourth-order valence-corrected chi connectivity index (χ4v) is 4.58. The number of carbonyl (C=O) groups is 1. The van der Waals surface area contributed by atoms with Crippen molar-refractivity contribution in [1.29, 1.82) is 0 Å². The lowest BCUT2D eigenvalue weighted by Crippen LogP contribution is -2.51. The Hall–Kier alpha value is -2.38. The van der Waals surface area contributed by atoms with Gasteiger partial charge in [0, 0.05) is 26.2 Å². The third-order valence-electron chi connectivity index (χ3n) is 4.66. The Balaban J connectivity index is 1.57. The van der Waals surface area contributed by atoms with Gasteiger partial charge in [0.25, 0.3) is 5.91 Å². The zero-order valence-electron chi connectivity index (χ0n) is 15.6. The number of rotatable bonds is 5. The number of aryl methyl sites for hydroxylation is 2. The minimum atomic E-state index is -3.53. The molecule has 0 spiro atoms. The SMILES string of the molecule is Cc1cccc(S(=O)(=O)N2CCN(C(=O)COc3ccccc3C)CC2)c1. The molecule has 144 valence electrons.